The molecular formula is C26H42N4O2+2. The van der Waals surface area contributed by atoms with E-state index >= 15 is 0 Å². The van der Waals surface area contributed by atoms with E-state index in [2.05, 4.69) is 32.6 Å². The van der Waals surface area contributed by atoms with Crippen molar-refractivity contribution in [2.75, 3.05) is 70.3 Å². The number of benzene rings is 1. The largest absolute Gasteiger partial charge is 0.337 e. The van der Waals surface area contributed by atoms with Crippen LogP contribution in [0.2, 0.25) is 0 Å². The average molecular weight is 443 g/mol. The van der Waals surface area contributed by atoms with E-state index in [0.29, 0.717) is 30.8 Å². The predicted molar refractivity (Wildman–Crippen MR) is 128 cm³/mol. The molecule has 4 heterocycles. The molecule has 2 bridgehead atoms. The minimum absolute atomic E-state index is 0.138. The number of hydrogen-bond donors (Lipinski definition) is 0. The van der Waals surface area contributed by atoms with E-state index in [0.717, 1.165) is 67.0 Å². The zero-order chi connectivity index (χ0) is 22.9. The number of nitrogens with zero attached hydrogens (tertiary/aromatic N) is 4. The quantitative estimate of drug-likeness (QED) is 0.636. The molecule has 6 nitrogen and oxygen atoms in total. The molecule has 4 aliphatic rings. The summed E-state index contributed by atoms with van der Waals surface area (Å²) in [7, 11) is 0. The van der Waals surface area contributed by atoms with Gasteiger partial charge >= 0.3 is 0 Å². The molecule has 5 rings (SSSR count). The number of carbonyl (C=O) groups excluding carboxylic acids is 2. The number of para-hydroxylation sites is 1. The van der Waals surface area contributed by atoms with Gasteiger partial charge in [0.2, 0.25) is 0 Å². The smallest absolute Gasteiger partial charge is 0.282 e. The fourth-order valence-electron chi connectivity index (χ4n) is 6.35. The van der Waals surface area contributed by atoms with E-state index < -0.39 is 0 Å². The number of piperazine rings is 3. The van der Waals surface area contributed by atoms with Crippen molar-refractivity contribution in [2.24, 2.45) is 11.8 Å². The van der Waals surface area contributed by atoms with Crippen molar-refractivity contribution in [3.05, 3.63) is 30.3 Å². The van der Waals surface area contributed by atoms with E-state index in [-0.39, 0.29) is 11.9 Å². The highest BCUT2D eigenvalue weighted by molar-refractivity contribution is 5.94. The number of piperidine rings is 1. The monoisotopic (exact) mass is 442 g/mol. The summed E-state index contributed by atoms with van der Waals surface area (Å²) in [5.74, 6) is 1.78. The lowest BCUT2D eigenvalue weighted by Gasteiger charge is -2.55. The molecule has 1 aromatic carbocycles. The van der Waals surface area contributed by atoms with Gasteiger partial charge in [-0.05, 0) is 44.2 Å². The number of rotatable bonds is 6. The van der Waals surface area contributed by atoms with Crippen molar-refractivity contribution in [3.8, 4) is 0 Å². The Kier molecular flexibility index (Phi) is 6.64. The van der Waals surface area contributed by atoms with Crippen LogP contribution in [-0.4, -0.2) is 97.2 Å². The molecule has 4 fully saturated rings. The number of hydrogen-bond acceptors (Lipinski definition) is 2. The molecule has 0 aromatic heterocycles. The molecule has 0 saturated carbocycles. The first kappa shape index (κ1) is 23.2. The van der Waals surface area contributed by atoms with Gasteiger partial charge in [-0.2, -0.15) is 0 Å². The van der Waals surface area contributed by atoms with Gasteiger partial charge in [-0.15, -0.1) is 0 Å². The third-order valence-corrected chi connectivity index (χ3v) is 8.13. The fraction of sp³-hybridized carbons (Fsp3) is 0.692. The summed E-state index contributed by atoms with van der Waals surface area (Å²) in [5, 5.41) is 0. The van der Waals surface area contributed by atoms with Crippen molar-refractivity contribution >= 4 is 17.5 Å². The third-order valence-electron chi connectivity index (χ3n) is 8.13. The number of carbonyl (C=O) groups is 2. The maximum Gasteiger partial charge on any atom is 0.282 e. The van der Waals surface area contributed by atoms with Gasteiger partial charge in [-0.1, -0.05) is 32.0 Å². The molecule has 0 N–H and O–H groups in total. The first-order valence-corrected chi connectivity index (χ1v) is 12.6. The Labute approximate surface area is 193 Å². The second kappa shape index (κ2) is 9.14. The second-order valence-electron chi connectivity index (χ2n) is 11.3. The normalized spacial score (nSPS) is 32.2. The molecule has 2 atom stereocenters. The van der Waals surface area contributed by atoms with Gasteiger partial charge < -0.3 is 18.8 Å². The summed E-state index contributed by atoms with van der Waals surface area (Å²) >= 11 is 0. The Balaban J connectivity index is 1.37. The predicted octanol–water partition coefficient (Wildman–Crippen LogP) is 2.59. The van der Waals surface area contributed by atoms with Gasteiger partial charge in [0.05, 0.1) is 0 Å². The van der Waals surface area contributed by atoms with Crippen LogP contribution in [0.4, 0.5) is 5.69 Å². The summed E-state index contributed by atoms with van der Waals surface area (Å²) in [5.41, 5.74) is 0.987. The maximum absolute atomic E-state index is 13.4. The average Bonchev–Trinajstić information content (AvgIpc) is 2.75. The van der Waals surface area contributed by atoms with Crippen LogP contribution in [0.5, 0.6) is 0 Å². The van der Waals surface area contributed by atoms with Gasteiger partial charge in [0.1, 0.15) is 39.3 Å². The highest BCUT2D eigenvalue weighted by Crippen LogP contribution is 2.29. The lowest BCUT2D eigenvalue weighted by Crippen LogP contribution is -2.77. The van der Waals surface area contributed by atoms with Crippen LogP contribution in [0, 0.1) is 11.8 Å². The van der Waals surface area contributed by atoms with E-state index in [4.69, 9.17) is 0 Å². The lowest BCUT2D eigenvalue weighted by atomic mass is 9.92. The van der Waals surface area contributed by atoms with E-state index in [9.17, 15) is 9.59 Å². The maximum atomic E-state index is 13.4. The Bertz CT molecular complexity index is 790. The van der Waals surface area contributed by atoms with Gasteiger partial charge in [-0.3, -0.25) is 9.59 Å². The topological polar surface area (TPSA) is 40.6 Å². The molecule has 0 aliphatic carbocycles. The Hall–Kier alpha value is -1.92. The van der Waals surface area contributed by atoms with Gasteiger partial charge in [-0.25, -0.2) is 0 Å². The summed E-state index contributed by atoms with van der Waals surface area (Å²) in [6.07, 6.45) is 1.23. The SMILES string of the molecule is CC(C)N(C(=O)C[N+]12CC[N+](CC(=O)N3C[C@H](C)C[C@H](C)C3)(CC1)CC2)c1ccccc1. The Morgan fingerprint density at radius 2 is 1.41 bits per heavy atom. The van der Waals surface area contributed by atoms with Crippen LogP contribution in [0.25, 0.3) is 0 Å². The van der Waals surface area contributed by atoms with Crippen LogP contribution in [0.15, 0.2) is 30.3 Å². The number of amides is 2. The van der Waals surface area contributed by atoms with Crippen molar-refractivity contribution in [3.63, 3.8) is 0 Å². The zero-order valence-electron chi connectivity index (χ0n) is 20.5. The minimum Gasteiger partial charge on any atom is -0.337 e. The van der Waals surface area contributed by atoms with Crippen molar-refractivity contribution < 1.29 is 18.6 Å². The van der Waals surface area contributed by atoms with Crippen molar-refractivity contribution in [2.45, 2.75) is 40.2 Å². The molecule has 4 saturated heterocycles. The van der Waals surface area contributed by atoms with E-state index in [1.165, 1.54) is 6.42 Å². The molecular weight excluding hydrogens is 400 g/mol. The molecule has 0 unspecified atom stereocenters. The number of quaternary nitrogens is 2. The molecule has 4 aliphatic heterocycles. The molecule has 6 heteroatoms. The van der Waals surface area contributed by atoms with Crippen LogP contribution < -0.4 is 4.90 Å². The van der Waals surface area contributed by atoms with Crippen LogP contribution in [0.1, 0.15) is 34.1 Å². The van der Waals surface area contributed by atoms with Crippen LogP contribution in [0.3, 0.4) is 0 Å². The molecule has 32 heavy (non-hydrogen) atoms. The summed E-state index contributed by atoms with van der Waals surface area (Å²) in [6.45, 7) is 17.8. The van der Waals surface area contributed by atoms with Crippen molar-refractivity contribution in [1.29, 1.82) is 0 Å². The Morgan fingerprint density at radius 1 is 0.906 bits per heavy atom. The van der Waals surface area contributed by atoms with E-state index in [1.807, 2.05) is 35.2 Å². The molecule has 2 amide bonds. The minimum atomic E-state index is 0.138. The second-order valence-corrected chi connectivity index (χ2v) is 11.3. The van der Waals surface area contributed by atoms with Gasteiger partial charge in [0, 0.05) is 24.8 Å². The first-order valence-electron chi connectivity index (χ1n) is 12.6. The third kappa shape index (κ3) is 4.86. The van der Waals surface area contributed by atoms with Crippen LogP contribution >= 0.6 is 0 Å². The van der Waals surface area contributed by atoms with Crippen LogP contribution in [-0.2, 0) is 9.59 Å². The van der Waals surface area contributed by atoms with Gasteiger partial charge in [0.25, 0.3) is 11.8 Å². The highest BCUT2D eigenvalue weighted by Gasteiger charge is 2.51. The summed E-state index contributed by atoms with van der Waals surface area (Å²) in [4.78, 5) is 30.7. The molecule has 0 radical (unpaired) electrons. The zero-order valence-corrected chi connectivity index (χ0v) is 20.5. The number of likely N-dealkylation sites (tertiary alicyclic amines) is 1. The molecule has 1 aromatic rings. The standard InChI is InChI=1S/C26H42N4O2/c1-21(2)28(24-8-6-5-7-9-24)26(32)20-30-13-10-29(11-14-30,12-15-30)19-25(31)27-17-22(3)16-23(4)18-27/h5-9,21-23H,10-20H2,1-4H3/q+2/t22-,23+,29?,30?. The summed E-state index contributed by atoms with van der Waals surface area (Å²) < 4.78 is 1.82. The number of anilines is 1. The fourth-order valence-corrected chi connectivity index (χ4v) is 6.35. The Morgan fingerprint density at radius 3 is 1.91 bits per heavy atom. The van der Waals surface area contributed by atoms with Gasteiger partial charge in [0.15, 0.2) is 13.1 Å². The number of fused-ring (bicyclic) bond motifs is 3. The van der Waals surface area contributed by atoms with E-state index in [1.54, 1.807) is 0 Å². The first-order chi connectivity index (χ1) is 15.2. The summed E-state index contributed by atoms with van der Waals surface area (Å²) in [6, 6.07) is 10.2. The lowest BCUT2D eigenvalue weighted by molar-refractivity contribution is -1.07. The highest BCUT2D eigenvalue weighted by atomic mass is 16.2. The molecule has 176 valence electrons. The van der Waals surface area contributed by atoms with Crippen molar-refractivity contribution in [1.82, 2.24) is 4.90 Å². The molecule has 0 spiro atoms.